The van der Waals surface area contributed by atoms with Crippen LogP contribution in [0.2, 0.25) is 0 Å². The van der Waals surface area contributed by atoms with Crippen molar-refractivity contribution < 1.29 is 9.53 Å². The van der Waals surface area contributed by atoms with Gasteiger partial charge in [-0.3, -0.25) is 4.79 Å². The van der Waals surface area contributed by atoms with E-state index in [1.807, 2.05) is 43.2 Å². The molecule has 3 nitrogen and oxygen atoms in total. The van der Waals surface area contributed by atoms with E-state index in [9.17, 15) is 4.79 Å². The summed E-state index contributed by atoms with van der Waals surface area (Å²) in [4.78, 5) is 14.5. The Kier molecular flexibility index (Phi) is 40.0. The highest BCUT2D eigenvalue weighted by Crippen LogP contribution is 2.34. The van der Waals surface area contributed by atoms with Crippen LogP contribution in [0.3, 0.4) is 0 Å². The van der Waals surface area contributed by atoms with Gasteiger partial charge in [0.05, 0.1) is 5.25 Å². The molecule has 0 aliphatic carbocycles. The summed E-state index contributed by atoms with van der Waals surface area (Å²) in [5, 5.41) is 0.387. The SMILES string of the molecule is CCCCCCCCCCCCCCSSCC(COC(=O)CCCCN(C)C)SSCCCCCCCCCCCCCC. The Morgan fingerprint density at radius 1 is 0.533 bits per heavy atom. The average molecular weight is 708 g/mol. The highest BCUT2D eigenvalue weighted by molar-refractivity contribution is 8.78. The zero-order chi connectivity index (χ0) is 32.9. The first-order chi connectivity index (χ1) is 22.1. The lowest BCUT2D eigenvalue weighted by Crippen LogP contribution is -2.18. The molecular formula is C38H77NO2S4. The normalized spacial score (nSPS) is 12.3. The molecule has 0 saturated heterocycles. The van der Waals surface area contributed by atoms with Crippen LogP contribution in [0.25, 0.3) is 0 Å². The van der Waals surface area contributed by atoms with Crippen LogP contribution < -0.4 is 0 Å². The molecule has 0 aliphatic rings. The third-order valence-corrected chi connectivity index (χ3v) is 14.0. The van der Waals surface area contributed by atoms with Gasteiger partial charge in [-0.2, -0.15) is 0 Å². The van der Waals surface area contributed by atoms with Gasteiger partial charge in [-0.15, -0.1) is 0 Å². The standard InChI is InChI=1S/C38H77NO2S4/c1-5-7-9-11-13-15-17-19-21-23-25-29-33-42-44-36-37(35-41-38(40)31-27-28-32-39(3)4)45-43-34-30-26-24-22-20-18-16-14-12-10-8-6-2/h37H,5-36H2,1-4H3. The van der Waals surface area contributed by atoms with E-state index in [0.29, 0.717) is 18.3 Å². The Morgan fingerprint density at radius 3 is 1.40 bits per heavy atom. The second-order valence-electron chi connectivity index (χ2n) is 13.4. The number of esters is 1. The summed E-state index contributed by atoms with van der Waals surface area (Å²) in [6.45, 7) is 6.19. The number of carbonyl (C=O) groups excluding carboxylic acids is 1. The first-order valence-electron chi connectivity index (χ1n) is 19.4. The van der Waals surface area contributed by atoms with Crippen molar-refractivity contribution in [2.24, 2.45) is 0 Å². The summed E-state index contributed by atoms with van der Waals surface area (Å²) >= 11 is 0. The van der Waals surface area contributed by atoms with Gasteiger partial charge in [0.25, 0.3) is 0 Å². The monoisotopic (exact) mass is 707 g/mol. The van der Waals surface area contributed by atoms with Crippen molar-refractivity contribution in [3.63, 3.8) is 0 Å². The van der Waals surface area contributed by atoms with E-state index < -0.39 is 0 Å². The molecule has 0 aliphatic heterocycles. The van der Waals surface area contributed by atoms with Crippen LogP contribution >= 0.6 is 43.2 Å². The lowest BCUT2D eigenvalue weighted by molar-refractivity contribution is -0.143. The summed E-state index contributed by atoms with van der Waals surface area (Å²) in [7, 11) is 12.2. The van der Waals surface area contributed by atoms with Crippen LogP contribution in [0, 0.1) is 0 Å². The van der Waals surface area contributed by atoms with E-state index in [1.165, 1.54) is 166 Å². The summed E-state index contributed by atoms with van der Waals surface area (Å²) in [5.74, 6) is 3.51. The summed E-state index contributed by atoms with van der Waals surface area (Å²) in [6, 6.07) is 0. The van der Waals surface area contributed by atoms with Crippen molar-refractivity contribution in [1.82, 2.24) is 4.90 Å². The molecule has 0 spiro atoms. The summed E-state index contributed by atoms with van der Waals surface area (Å²) in [5.41, 5.74) is 0. The topological polar surface area (TPSA) is 29.5 Å². The Hall–Kier alpha value is 0.830. The number of hydrogen-bond donors (Lipinski definition) is 0. The van der Waals surface area contributed by atoms with Crippen molar-refractivity contribution in [2.75, 3.05) is 44.5 Å². The quantitative estimate of drug-likeness (QED) is 0.0358. The second kappa shape index (κ2) is 39.3. The fourth-order valence-corrected chi connectivity index (χ4v) is 11.0. The molecule has 0 aromatic rings. The maximum absolute atomic E-state index is 12.3. The highest BCUT2D eigenvalue weighted by atomic mass is 33.1. The maximum atomic E-state index is 12.3. The minimum atomic E-state index is -0.0144. The summed E-state index contributed by atoms with van der Waals surface area (Å²) < 4.78 is 5.75. The van der Waals surface area contributed by atoms with Crippen LogP contribution in [-0.4, -0.2) is 60.6 Å². The van der Waals surface area contributed by atoms with Gasteiger partial charge >= 0.3 is 5.97 Å². The van der Waals surface area contributed by atoms with Gasteiger partial charge in [-0.05, 0) is 46.3 Å². The van der Waals surface area contributed by atoms with Gasteiger partial charge < -0.3 is 9.64 Å². The Labute approximate surface area is 299 Å². The number of rotatable bonds is 38. The van der Waals surface area contributed by atoms with E-state index in [-0.39, 0.29) is 5.97 Å². The van der Waals surface area contributed by atoms with Crippen LogP contribution in [0.1, 0.15) is 187 Å². The number of ether oxygens (including phenoxy) is 1. The Morgan fingerprint density at radius 2 is 0.956 bits per heavy atom. The van der Waals surface area contributed by atoms with E-state index >= 15 is 0 Å². The minimum Gasteiger partial charge on any atom is -0.464 e. The summed E-state index contributed by atoms with van der Waals surface area (Å²) in [6.07, 6.45) is 36.3. The van der Waals surface area contributed by atoms with Gasteiger partial charge in [0.15, 0.2) is 0 Å². The molecule has 0 radical (unpaired) electrons. The van der Waals surface area contributed by atoms with E-state index in [1.54, 1.807) is 0 Å². The molecule has 1 unspecified atom stereocenters. The molecule has 7 heteroatoms. The molecule has 0 N–H and O–H groups in total. The lowest BCUT2D eigenvalue weighted by Gasteiger charge is -2.16. The van der Waals surface area contributed by atoms with Gasteiger partial charge in [-0.1, -0.05) is 198 Å². The third kappa shape index (κ3) is 39.2. The first kappa shape index (κ1) is 45.8. The number of nitrogens with zero attached hydrogens (tertiary/aromatic N) is 1. The smallest absolute Gasteiger partial charge is 0.305 e. The molecule has 0 amide bonds. The fraction of sp³-hybridized carbons (Fsp3) is 0.974. The Balaban J connectivity index is 3.96. The lowest BCUT2D eigenvalue weighted by atomic mass is 10.1. The molecule has 0 saturated carbocycles. The van der Waals surface area contributed by atoms with E-state index in [2.05, 4.69) is 32.8 Å². The number of unbranched alkanes of at least 4 members (excludes halogenated alkanes) is 23. The predicted molar refractivity (Wildman–Crippen MR) is 214 cm³/mol. The first-order valence-corrected chi connectivity index (χ1v) is 24.3. The zero-order valence-electron chi connectivity index (χ0n) is 30.6. The highest BCUT2D eigenvalue weighted by Gasteiger charge is 2.14. The maximum Gasteiger partial charge on any atom is 0.305 e. The van der Waals surface area contributed by atoms with Crippen LogP contribution in [0.5, 0.6) is 0 Å². The molecular weight excluding hydrogens is 631 g/mol. The van der Waals surface area contributed by atoms with Crippen LogP contribution in [0.15, 0.2) is 0 Å². The van der Waals surface area contributed by atoms with Crippen molar-refractivity contribution in [1.29, 1.82) is 0 Å². The third-order valence-electron chi connectivity index (χ3n) is 8.37. The van der Waals surface area contributed by atoms with Crippen LogP contribution in [0.4, 0.5) is 0 Å². The molecule has 0 fully saturated rings. The van der Waals surface area contributed by atoms with Gasteiger partial charge in [0.1, 0.15) is 6.61 Å². The second-order valence-corrected chi connectivity index (χ2v) is 18.8. The molecule has 0 heterocycles. The zero-order valence-corrected chi connectivity index (χ0v) is 33.9. The molecule has 0 bridgehead atoms. The van der Waals surface area contributed by atoms with Crippen molar-refractivity contribution in [3.05, 3.63) is 0 Å². The molecule has 45 heavy (non-hydrogen) atoms. The molecule has 0 aromatic carbocycles. The average Bonchev–Trinajstić information content (AvgIpc) is 3.03. The van der Waals surface area contributed by atoms with Crippen LogP contribution in [-0.2, 0) is 9.53 Å². The van der Waals surface area contributed by atoms with E-state index in [4.69, 9.17) is 4.74 Å². The molecule has 270 valence electrons. The Bertz CT molecular complexity index is 582. The van der Waals surface area contributed by atoms with Gasteiger partial charge in [-0.25, -0.2) is 0 Å². The van der Waals surface area contributed by atoms with Crippen molar-refractivity contribution >= 4 is 49.1 Å². The molecule has 1 atom stereocenters. The number of carbonyl (C=O) groups is 1. The molecule has 0 aromatic heterocycles. The van der Waals surface area contributed by atoms with Gasteiger partial charge in [0.2, 0.25) is 0 Å². The fourth-order valence-electron chi connectivity index (χ4n) is 5.39. The molecule has 0 rings (SSSR count). The predicted octanol–water partition coefficient (Wildman–Crippen LogP) is 13.8. The van der Waals surface area contributed by atoms with Crippen molar-refractivity contribution in [3.8, 4) is 0 Å². The largest absolute Gasteiger partial charge is 0.464 e. The van der Waals surface area contributed by atoms with Crippen molar-refractivity contribution in [2.45, 2.75) is 192 Å². The van der Waals surface area contributed by atoms with Gasteiger partial charge in [0, 0.05) is 23.7 Å². The van der Waals surface area contributed by atoms with E-state index in [0.717, 1.165) is 25.1 Å². The number of hydrogen-bond acceptors (Lipinski definition) is 7. The minimum absolute atomic E-state index is 0.0144.